The minimum Gasteiger partial charge on any atom is -0.478 e. The Morgan fingerprint density at radius 3 is 2.44 bits per heavy atom. The van der Waals surface area contributed by atoms with Gasteiger partial charge in [0.25, 0.3) is 5.91 Å². The van der Waals surface area contributed by atoms with Crippen molar-refractivity contribution in [2.75, 3.05) is 18.4 Å². The number of amides is 1. The molecule has 182 valence electrons. The van der Waals surface area contributed by atoms with Crippen molar-refractivity contribution >= 4 is 35.5 Å². The maximum absolute atomic E-state index is 14.2. The number of nitrogens with zero attached hydrogens (tertiary/aromatic N) is 2. The third kappa shape index (κ3) is 5.62. The first-order chi connectivity index (χ1) is 15.7. The number of aromatic nitrogens is 2. The van der Waals surface area contributed by atoms with Crippen LogP contribution >= 0.6 is 23.9 Å². The van der Waals surface area contributed by atoms with Gasteiger partial charge < -0.3 is 15.4 Å². The Kier molecular flexibility index (Phi) is 8.05. The number of hydrogen-bond acceptors (Lipinski definition) is 6. The fourth-order valence-electron chi connectivity index (χ4n) is 3.38. The number of halogens is 6. The van der Waals surface area contributed by atoms with E-state index in [0.717, 1.165) is 61.7 Å². The van der Waals surface area contributed by atoms with Crippen molar-refractivity contribution in [3.8, 4) is 16.3 Å². The maximum Gasteiger partial charge on any atom is 0.418 e. The first-order valence-corrected chi connectivity index (χ1v) is 10.7. The van der Waals surface area contributed by atoms with Crippen LogP contribution in [-0.2, 0) is 6.18 Å². The number of ether oxygens (including phenoxy) is 1. The molecule has 1 aromatic carbocycles. The lowest BCUT2D eigenvalue weighted by Crippen LogP contribution is -2.34. The summed E-state index contributed by atoms with van der Waals surface area (Å²) >= 11 is 1.01. The molecule has 2 aromatic heterocycles. The Morgan fingerprint density at radius 2 is 1.79 bits per heavy atom. The van der Waals surface area contributed by atoms with Crippen molar-refractivity contribution in [1.29, 1.82) is 0 Å². The molecule has 13 heteroatoms. The molecule has 0 radical (unpaired) electrons. The zero-order valence-electron chi connectivity index (χ0n) is 17.3. The highest BCUT2D eigenvalue weighted by Gasteiger charge is 2.36. The van der Waals surface area contributed by atoms with Crippen molar-refractivity contribution in [3.05, 3.63) is 59.4 Å². The highest BCUT2D eigenvalue weighted by atomic mass is 35.5. The van der Waals surface area contributed by atoms with Crippen molar-refractivity contribution in [2.45, 2.75) is 25.1 Å². The Labute approximate surface area is 201 Å². The highest BCUT2D eigenvalue weighted by Crippen LogP contribution is 2.38. The van der Waals surface area contributed by atoms with E-state index in [-0.39, 0.29) is 24.2 Å². The van der Waals surface area contributed by atoms with Gasteiger partial charge in [-0.2, -0.15) is 17.5 Å². The van der Waals surface area contributed by atoms with Gasteiger partial charge in [-0.05, 0) is 50.2 Å². The van der Waals surface area contributed by atoms with Crippen LogP contribution in [0.2, 0.25) is 0 Å². The summed E-state index contributed by atoms with van der Waals surface area (Å²) in [5.41, 5.74) is -3.58. The Bertz CT molecular complexity index is 1150. The first-order valence-electron chi connectivity index (χ1n) is 9.90. The quantitative estimate of drug-likeness (QED) is 0.446. The second-order valence-corrected chi connectivity index (χ2v) is 8.00. The molecular weight excluding hydrogens is 503 g/mol. The number of rotatable bonds is 5. The molecule has 1 amide bonds. The van der Waals surface area contributed by atoms with E-state index in [1.54, 1.807) is 0 Å². The van der Waals surface area contributed by atoms with E-state index in [0.29, 0.717) is 11.1 Å². The molecule has 0 unspecified atom stereocenters. The van der Waals surface area contributed by atoms with Crippen LogP contribution in [0, 0.1) is 11.6 Å². The van der Waals surface area contributed by atoms with Crippen LogP contribution in [0.25, 0.3) is 11.3 Å². The Hall–Kier alpha value is -2.83. The summed E-state index contributed by atoms with van der Waals surface area (Å²) in [6.07, 6.45) is -2.13. The number of alkyl halides is 3. The summed E-state index contributed by atoms with van der Waals surface area (Å²) in [7, 11) is 0. The largest absolute Gasteiger partial charge is 0.478 e. The number of hydrogen-bond donors (Lipinski definition) is 2. The Balaban J connectivity index is 0.00000324. The minimum atomic E-state index is -4.95. The molecule has 2 N–H and O–H groups in total. The van der Waals surface area contributed by atoms with Crippen LogP contribution in [0.5, 0.6) is 5.06 Å². The molecule has 1 aliphatic heterocycles. The van der Waals surface area contributed by atoms with E-state index in [9.17, 15) is 26.7 Å². The van der Waals surface area contributed by atoms with E-state index < -0.39 is 46.2 Å². The van der Waals surface area contributed by atoms with Gasteiger partial charge in [-0.1, -0.05) is 6.07 Å². The molecule has 3 heterocycles. The highest BCUT2D eigenvalue weighted by molar-refractivity contribution is 7.08. The maximum atomic E-state index is 14.2. The van der Waals surface area contributed by atoms with Crippen molar-refractivity contribution in [3.63, 3.8) is 0 Å². The average molecular weight is 521 g/mol. The second-order valence-electron chi connectivity index (χ2n) is 7.24. The van der Waals surface area contributed by atoms with Crippen LogP contribution in [0.1, 0.15) is 28.9 Å². The number of carbonyl (C=O) groups excluding carboxylic acids is 1. The second kappa shape index (κ2) is 10.6. The van der Waals surface area contributed by atoms with Crippen molar-refractivity contribution in [1.82, 2.24) is 14.7 Å². The van der Waals surface area contributed by atoms with E-state index in [2.05, 4.69) is 20.0 Å². The smallest absolute Gasteiger partial charge is 0.418 e. The van der Waals surface area contributed by atoms with Gasteiger partial charge in [-0.3, -0.25) is 4.79 Å². The monoisotopic (exact) mass is 520 g/mol. The van der Waals surface area contributed by atoms with Crippen LogP contribution in [0.15, 0.2) is 36.5 Å². The number of piperidine rings is 1. The van der Waals surface area contributed by atoms with Gasteiger partial charge >= 0.3 is 6.18 Å². The number of nitrogens with one attached hydrogen (secondary N) is 2. The topological polar surface area (TPSA) is 76.1 Å². The zero-order valence-corrected chi connectivity index (χ0v) is 18.9. The molecule has 0 spiro atoms. The molecule has 34 heavy (non-hydrogen) atoms. The van der Waals surface area contributed by atoms with Gasteiger partial charge in [0.1, 0.15) is 29.1 Å². The van der Waals surface area contributed by atoms with E-state index >= 15 is 0 Å². The fraction of sp³-hybridized carbons (Fsp3) is 0.286. The molecule has 6 nitrogen and oxygen atoms in total. The first kappa shape index (κ1) is 25.8. The molecule has 1 saturated heterocycles. The lowest BCUT2D eigenvalue weighted by molar-refractivity contribution is -0.137. The van der Waals surface area contributed by atoms with Gasteiger partial charge in [0, 0.05) is 11.5 Å². The average Bonchev–Trinajstić information content (AvgIpc) is 3.20. The zero-order chi connectivity index (χ0) is 23.6. The Morgan fingerprint density at radius 1 is 1.12 bits per heavy atom. The van der Waals surface area contributed by atoms with Crippen LogP contribution in [0.4, 0.5) is 27.6 Å². The molecule has 1 fully saturated rings. The summed E-state index contributed by atoms with van der Waals surface area (Å²) in [5.74, 6) is -3.34. The molecule has 0 bridgehead atoms. The summed E-state index contributed by atoms with van der Waals surface area (Å²) in [5, 5.41) is 6.05. The van der Waals surface area contributed by atoms with Gasteiger partial charge in [0.05, 0.1) is 23.0 Å². The minimum absolute atomic E-state index is 0. The standard InChI is InChI=1S/C21H17F5N4O2S.ClH/c22-13-2-1-3-14(23)17(13)18-12(21(24,25)26)4-5-15(29-18)19(31)30-16-10-28-33-20(16)32-11-6-8-27-9-7-11;/h1-5,10-11,27H,6-9H2,(H,30,31);1H. The molecule has 1 aliphatic rings. The third-order valence-corrected chi connectivity index (χ3v) is 5.67. The molecule has 0 saturated carbocycles. The van der Waals surface area contributed by atoms with Gasteiger partial charge in [-0.15, -0.1) is 12.4 Å². The predicted molar refractivity (Wildman–Crippen MR) is 118 cm³/mol. The summed E-state index contributed by atoms with van der Waals surface area (Å²) < 4.78 is 78.8. The van der Waals surface area contributed by atoms with Gasteiger partial charge in [-0.25, -0.2) is 13.8 Å². The molecule has 0 atom stereocenters. The fourth-order valence-corrected chi connectivity index (χ4v) is 4.01. The summed E-state index contributed by atoms with van der Waals surface area (Å²) in [6.45, 7) is 1.58. The van der Waals surface area contributed by atoms with E-state index in [1.165, 1.54) is 6.20 Å². The van der Waals surface area contributed by atoms with E-state index in [1.807, 2.05) is 0 Å². The van der Waals surface area contributed by atoms with Crippen molar-refractivity contribution in [2.24, 2.45) is 0 Å². The summed E-state index contributed by atoms with van der Waals surface area (Å²) in [4.78, 5) is 16.4. The normalized spacial score (nSPS) is 14.4. The molecule has 0 aliphatic carbocycles. The molecule has 3 aromatic rings. The van der Waals surface area contributed by atoms with E-state index in [4.69, 9.17) is 4.74 Å². The number of carbonyl (C=O) groups is 1. The SMILES string of the molecule is Cl.O=C(Nc1cnsc1OC1CCNCC1)c1ccc(C(F)(F)F)c(-c2c(F)cccc2F)n1. The molecule has 4 rings (SSSR count). The lowest BCUT2D eigenvalue weighted by Gasteiger charge is -2.23. The van der Waals surface area contributed by atoms with Crippen molar-refractivity contribution < 1.29 is 31.5 Å². The summed E-state index contributed by atoms with van der Waals surface area (Å²) in [6, 6.07) is 4.06. The number of pyridine rings is 1. The van der Waals surface area contributed by atoms with Crippen LogP contribution in [-0.4, -0.2) is 34.5 Å². The lowest BCUT2D eigenvalue weighted by atomic mass is 10.0. The van der Waals surface area contributed by atoms with Gasteiger partial charge in [0.2, 0.25) is 5.06 Å². The predicted octanol–water partition coefficient (Wildman–Crippen LogP) is 5.31. The third-order valence-electron chi connectivity index (χ3n) is 4.98. The number of anilines is 1. The molecular formula is C21H18ClF5N4O2S. The number of benzene rings is 1. The van der Waals surface area contributed by atoms with Crippen LogP contribution in [0.3, 0.4) is 0 Å². The van der Waals surface area contributed by atoms with Crippen LogP contribution < -0.4 is 15.4 Å². The van der Waals surface area contributed by atoms with Gasteiger partial charge in [0.15, 0.2) is 0 Å².